The zero-order chi connectivity index (χ0) is 8.36. The zero-order valence-electron chi connectivity index (χ0n) is 5.59. The number of rotatable bonds is 3. The third-order valence-electron chi connectivity index (χ3n) is 0.463. The van der Waals surface area contributed by atoms with Gasteiger partial charge in [-0.1, -0.05) is 5.73 Å². The van der Waals surface area contributed by atoms with Gasteiger partial charge in [0.25, 0.3) is 0 Å². The quantitative estimate of drug-likeness (QED) is 0.123. The lowest BCUT2D eigenvalue weighted by molar-refractivity contribution is -0.458. The van der Waals surface area contributed by atoms with Crippen LogP contribution in [-0.2, 0) is 14.8 Å². The lowest BCUT2D eigenvalue weighted by atomic mass is 10.8. The molecule has 0 N–H and O–H groups in total. The van der Waals surface area contributed by atoms with Crippen molar-refractivity contribution >= 4 is 11.6 Å². The Morgan fingerprint density at radius 3 is 3.00 bits per heavy atom. The second kappa shape index (κ2) is 8.71. The molecule has 0 aliphatic carbocycles. The average Bonchev–Trinajstić information content (AvgIpc) is 2.03. The molecule has 4 heteroatoms. The van der Waals surface area contributed by atoms with Gasteiger partial charge in [-0.3, -0.25) is 4.89 Å². The van der Waals surface area contributed by atoms with Crippen molar-refractivity contribution in [3.8, 4) is 12.0 Å². The number of hydrogen-bond acceptors (Lipinski definition) is 3. The van der Waals surface area contributed by atoms with Crippen molar-refractivity contribution in [2.75, 3.05) is 5.88 Å². The summed E-state index contributed by atoms with van der Waals surface area (Å²) in [6.07, 6.45) is 3.16. The molecule has 3 nitrogen and oxygen atoms in total. The Hall–Kier alpha value is -1.29. The molecule has 0 saturated heterocycles. The highest BCUT2D eigenvalue weighted by molar-refractivity contribution is 6.19. The largest absolute Gasteiger partial charge is 0.297 e. The Bertz CT molecular complexity index is 226. The minimum atomic E-state index is 0.172. The molecule has 0 aliphatic rings. The van der Waals surface area contributed by atoms with E-state index in [0.717, 1.165) is 6.26 Å². The highest BCUT2D eigenvalue weighted by Crippen LogP contribution is 1.79. The van der Waals surface area contributed by atoms with E-state index in [1.807, 2.05) is 0 Å². The molecule has 0 heterocycles. The Morgan fingerprint density at radius 1 is 1.55 bits per heavy atom. The van der Waals surface area contributed by atoms with Gasteiger partial charge in [-0.25, -0.2) is 4.89 Å². The highest BCUT2D eigenvalue weighted by atomic mass is 35.5. The third-order valence-corrected chi connectivity index (χ3v) is 0.597. The van der Waals surface area contributed by atoms with Crippen molar-refractivity contribution in [1.82, 2.24) is 0 Å². The predicted molar refractivity (Wildman–Crippen MR) is 39.0 cm³/mol. The van der Waals surface area contributed by atoms with Gasteiger partial charge in [0.1, 0.15) is 0 Å². The van der Waals surface area contributed by atoms with E-state index in [-0.39, 0.29) is 5.88 Å². The zero-order valence-corrected chi connectivity index (χ0v) is 6.35. The summed E-state index contributed by atoms with van der Waals surface area (Å²) >= 11 is 5.18. The first-order valence-corrected chi connectivity index (χ1v) is 3.07. The smallest absolute Gasteiger partial charge is 0.184 e. The van der Waals surface area contributed by atoms with Crippen LogP contribution in [0.5, 0.6) is 0 Å². The standard InChI is InChI=1S/C7H5ClO3/c1-2-3-6-9-11-10-7-4-5-8/h6H,1,5H2. The molecule has 11 heavy (non-hydrogen) atoms. The molecule has 0 atom stereocenters. The molecule has 0 fully saturated rings. The molecule has 0 amide bonds. The summed E-state index contributed by atoms with van der Waals surface area (Å²) in [7, 11) is 0. The van der Waals surface area contributed by atoms with Crippen LogP contribution in [0.2, 0.25) is 0 Å². The van der Waals surface area contributed by atoms with Gasteiger partial charge in [-0.2, -0.15) is 0 Å². The summed E-state index contributed by atoms with van der Waals surface area (Å²) in [6.45, 7) is 3.22. The Balaban J connectivity index is 3.28. The second-order valence-corrected chi connectivity index (χ2v) is 1.37. The van der Waals surface area contributed by atoms with Crippen LogP contribution in [0.1, 0.15) is 0 Å². The van der Waals surface area contributed by atoms with E-state index >= 15 is 0 Å². The third kappa shape index (κ3) is 8.71. The molecular formula is C7H5ClO3. The van der Waals surface area contributed by atoms with Gasteiger partial charge in [-0.15, -0.1) is 11.6 Å². The van der Waals surface area contributed by atoms with E-state index in [2.05, 4.69) is 44.9 Å². The van der Waals surface area contributed by atoms with Gasteiger partial charge >= 0.3 is 0 Å². The van der Waals surface area contributed by atoms with Crippen molar-refractivity contribution in [3.63, 3.8) is 0 Å². The molecular weight excluding hydrogens is 168 g/mol. The maximum Gasteiger partial charge on any atom is 0.184 e. The number of alkyl halides is 1. The molecule has 0 rings (SSSR count). The Kier molecular flexibility index (Phi) is 7.69. The highest BCUT2D eigenvalue weighted by Gasteiger charge is 1.75. The summed E-state index contributed by atoms with van der Waals surface area (Å²) in [6, 6.07) is 0. The van der Waals surface area contributed by atoms with Crippen LogP contribution >= 0.6 is 11.6 Å². The van der Waals surface area contributed by atoms with Gasteiger partial charge < -0.3 is 0 Å². The van der Waals surface area contributed by atoms with Gasteiger partial charge in [0.2, 0.25) is 0 Å². The van der Waals surface area contributed by atoms with E-state index in [4.69, 9.17) is 11.6 Å². The van der Waals surface area contributed by atoms with E-state index in [9.17, 15) is 0 Å². The van der Waals surface area contributed by atoms with Crippen molar-refractivity contribution in [3.05, 3.63) is 24.3 Å². The first-order valence-electron chi connectivity index (χ1n) is 2.54. The summed E-state index contributed by atoms with van der Waals surface area (Å²) in [5, 5.41) is 4.02. The van der Waals surface area contributed by atoms with Crippen molar-refractivity contribution in [2.24, 2.45) is 0 Å². The predicted octanol–water partition coefficient (Wildman–Crippen LogP) is 1.52. The SMILES string of the molecule is C=C=C=COOOC#CCCl. The molecule has 0 aromatic rings. The summed E-state index contributed by atoms with van der Waals surface area (Å²) in [5.74, 6) is 2.54. The molecule has 0 unspecified atom stereocenters. The first-order chi connectivity index (χ1) is 5.41. The van der Waals surface area contributed by atoms with Crippen LogP contribution in [-0.4, -0.2) is 5.88 Å². The van der Waals surface area contributed by atoms with E-state index in [1.165, 1.54) is 0 Å². The van der Waals surface area contributed by atoms with Crippen molar-refractivity contribution in [2.45, 2.75) is 0 Å². The maximum absolute atomic E-state index is 5.18. The normalized spacial score (nSPS) is 6.27. The molecule has 0 saturated carbocycles. The minimum Gasteiger partial charge on any atom is -0.297 e. The van der Waals surface area contributed by atoms with E-state index < -0.39 is 0 Å². The van der Waals surface area contributed by atoms with E-state index in [0.29, 0.717) is 0 Å². The molecule has 58 valence electrons. The van der Waals surface area contributed by atoms with E-state index in [1.54, 1.807) is 0 Å². The maximum atomic E-state index is 5.18. The summed E-state index contributed by atoms with van der Waals surface area (Å²) in [5.41, 5.74) is 4.65. The Morgan fingerprint density at radius 2 is 2.36 bits per heavy atom. The molecule has 0 radical (unpaired) electrons. The molecule has 0 aliphatic heterocycles. The van der Waals surface area contributed by atoms with Crippen LogP contribution < -0.4 is 0 Å². The lowest BCUT2D eigenvalue weighted by Gasteiger charge is -1.88. The monoisotopic (exact) mass is 172 g/mol. The number of hydrogen-bond donors (Lipinski definition) is 0. The fourth-order valence-corrected chi connectivity index (χ4v) is 0.233. The fourth-order valence-electron chi connectivity index (χ4n) is 0.179. The molecule has 0 aromatic carbocycles. The summed E-state index contributed by atoms with van der Waals surface area (Å²) in [4.78, 5) is 8.35. The Labute approximate surface area is 69.4 Å². The van der Waals surface area contributed by atoms with Crippen LogP contribution in [0.15, 0.2) is 24.3 Å². The van der Waals surface area contributed by atoms with Gasteiger partial charge in [-0.05, 0) is 18.2 Å². The van der Waals surface area contributed by atoms with Crippen LogP contribution in [0.3, 0.4) is 0 Å². The van der Waals surface area contributed by atoms with Crippen molar-refractivity contribution in [1.29, 1.82) is 0 Å². The van der Waals surface area contributed by atoms with Crippen molar-refractivity contribution < 1.29 is 14.8 Å². The fraction of sp³-hybridized carbons (Fsp3) is 0.143. The lowest BCUT2D eigenvalue weighted by Crippen LogP contribution is -1.83. The van der Waals surface area contributed by atoms with Gasteiger partial charge in [0.05, 0.1) is 10.9 Å². The molecule has 0 spiro atoms. The van der Waals surface area contributed by atoms with Crippen LogP contribution in [0.25, 0.3) is 0 Å². The minimum absolute atomic E-state index is 0.172. The topological polar surface area (TPSA) is 27.7 Å². The average molecular weight is 173 g/mol. The van der Waals surface area contributed by atoms with Crippen LogP contribution in [0.4, 0.5) is 0 Å². The molecule has 0 aromatic heterocycles. The summed E-state index contributed by atoms with van der Waals surface area (Å²) < 4.78 is 0. The first kappa shape index (κ1) is 9.71. The number of halogens is 1. The molecule has 0 bridgehead atoms. The van der Waals surface area contributed by atoms with Gasteiger partial charge in [0, 0.05) is 0 Å². The van der Waals surface area contributed by atoms with Crippen LogP contribution in [0, 0.1) is 12.0 Å². The van der Waals surface area contributed by atoms with Gasteiger partial charge in [0.15, 0.2) is 12.4 Å². The second-order valence-electron chi connectivity index (χ2n) is 1.10.